The van der Waals surface area contributed by atoms with E-state index in [-0.39, 0.29) is 5.91 Å². The third-order valence-electron chi connectivity index (χ3n) is 5.35. The van der Waals surface area contributed by atoms with Crippen molar-refractivity contribution in [3.8, 4) is 11.4 Å². The van der Waals surface area contributed by atoms with Crippen LogP contribution >= 0.6 is 0 Å². The van der Waals surface area contributed by atoms with E-state index in [1.54, 1.807) is 0 Å². The minimum Gasteiger partial charge on any atom is -0.378 e. The Kier molecular flexibility index (Phi) is 5.32. The highest BCUT2D eigenvalue weighted by Gasteiger charge is 2.40. The van der Waals surface area contributed by atoms with E-state index in [0.717, 1.165) is 24.1 Å². The van der Waals surface area contributed by atoms with Gasteiger partial charge in [-0.15, -0.1) is 0 Å². The van der Waals surface area contributed by atoms with Gasteiger partial charge in [0.05, 0.1) is 13.2 Å². The van der Waals surface area contributed by atoms with E-state index in [4.69, 9.17) is 14.0 Å². The number of benzene rings is 1. The SMILES string of the molecule is CN(C)c1ccc(-c2noc(CCC(=O)N3CCC4(CC3)OCCO4)n2)cc1. The maximum atomic E-state index is 12.5. The lowest BCUT2D eigenvalue weighted by Gasteiger charge is -2.37. The normalized spacial score (nSPS) is 18.6. The highest BCUT2D eigenvalue weighted by atomic mass is 16.7. The predicted molar refractivity (Wildman–Crippen MR) is 103 cm³/mol. The number of hydrogen-bond donors (Lipinski definition) is 0. The smallest absolute Gasteiger partial charge is 0.227 e. The Morgan fingerprint density at radius 3 is 2.46 bits per heavy atom. The van der Waals surface area contributed by atoms with Gasteiger partial charge in [0.15, 0.2) is 5.79 Å². The first-order chi connectivity index (χ1) is 13.5. The van der Waals surface area contributed by atoms with Crippen LogP contribution in [0.4, 0.5) is 5.69 Å². The fraction of sp³-hybridized carbons (Fsp3) is 0.550. The molecule has 1 amide bonds. The zero-order chi connectivity index (χ0) is 19.6. The summed E-state index contributed by atoms with van der Waals surface area (Å²) in [5.41, 5.74) is 2.00. The Morgan fingerprint density at radius 2 is 1.82 bits per heavy atom. The minimum absolute atomic E-state index is 0.0999. The number of carbonyl (C=O) groups is 1. The van der Waals surface area contributed by atoms with Gasteiger partial charge >= 0.3 is 0 Å². The first-order valence-corrected chi connectivity index (χ1v) is 9.71. The highest BCUT2D eigenvalue weighted by Crippen LogP contribution is 2.31. The van der Waals surface area contributed by atoms with Crippen LogP contribution in [-0.2, 0) is 20.7 Å². The Hall–Kier alpha value is -2.45. The van der Waals surface area contributed by atoms with Crippen LogP contribution in [0.2, 0.25) is 0 Å². The molecule has 0 radical (unpaired) electrons. The van der Waals surface area contributed by atoms with Crippen LogP contribution < -0.4 is 4.90 Å². The third-order valence-corrected chi connectivity index (χ3v) is 5.35. The standard InChI is InChI=1S/C20H26N4O4/c1-23(2)16-5-3-15(4-6-16)19-21-17(28-22-19)7-8-18(25)24-11-9-20(10-12-24)26-13-14-27-20/h3-6H,7-14H2,1-2H3. The van der Waals surface area contributed by atoms with Crippen molar-refractivity contribution in [2.45, 2.75) is 31.5 Å². The van der Waals surface area contributed by atoms with Gasteiger partial charge in [-0.1, -0.05) is 5.16 Å². The summed E-state index contributed by atoms with van der Waals surface area (Å²) in [6, 6.07) is 7.95. The Labute approximate surface area is 164 Å². The molecule has 1 spiro atoms. The maximum Gasteiger partial charge on any atom is 0.227 e. The number of aromatic nitrogens is 2. The number of amides is 1. The van der Waals surface area contributed by atoms with E-state index < -0.39 is 5.79 Å². The molecule has 4 rings (SSSR count). The molecule has 2 aliphatic heterocycles. The molecule has 2 aliphatic rings. The molecule has 0 unspecified atom stereocenters. The molecule has 3 heterocycles. The van der Waals surface area contributed by atoms with Gasteiger partial charge in [0.2, 0.25) is 17.6 Å². The van der Waals surface area contributed by atoms with Crippen LogP contribution in [0.5, 0.6) is 0 Å². The molecule has 8 heteroatoms. The molecule has 2 saturated heterocycles. The van der Waals surface area contributed by atoms with Crippen molar-refractivity contribution in [3.05, 3.63) is 30.2 Å². The van der Waals surface area contributed by atoms with Gasteiger partial charge in [0, 0.05) is 64.1 Å². The summed E-state index contributed by atoms with van der Waals surface area (Å²) < 4.78 is 16.7. The van der Waals surface area contributed by atoms with Crippen molar-refractivity contribution in [2.75, 3.05) is 45.3 Å². The van der Waals surface area contributed by atoms with Gasteiger partial charge in [-0.2, -0.15) is 4.98 Å². The average Bonchev–Trinajstić information content (AvgIpc) is 3.37. The number of aryl methyl sites for hydroxylation is 1. The second-order valence-corrected chi connectivity index (χ2v) is 7.44. The number of hydrogen-bond acceptors (Lipinski definition) is 7. The first-order valence-electron chi connectivity index (χ1n) is 9.71. The lowest BCUT2D eigenvalue weighted by Crippen LogP contribution is -2.47. The van der Waals surface area contributed by atoms with Gasteiger partial charge in [-0.25, -0.2) is 0 Å². The van der Waals surface area contributed by atoms with E-state index in [1.165, 1.54) is 0 Å². The van der Waals surface area contributed by atoms with Gasteiger partial charge in [0.1, 0.15) is 0 Å². The van der Waals surface area contributed by atoms with Crippen molar-refractivity contribution < 1.29 is 18.8 Å². The second kappa shape index (κ2) is 7.89. The van der Waals surface area contributed by atoms with Gasteiger partial charge in [0.25, 0.3) is 0 Å². The third kappa shape index (κ3) is 4.02. The van der Waals surface area contributed by atoms with Crippen LogP contribution in [0.15, 0.2) is 28.8 Å². The second-order valence-electron chi connectivity index (χ2n) is 7.44. The molecule has 0 N–H and O–H groups in total. The molecule has 8 nitrogen and oxygen atoms in total. The quantitative estimate of drug-likeness (QED) is 0.778. The topological polar surface area (TPSA) is 80.9 Å². The first kappa shape index (κ1) is 18.9. The molecular weight excluding hydrogens is 360 g/mol. The molecular formula is C20H26N4O4. The zero-order valence-electron chi connectivity index (χ0n) is 16.4. The Bertz CT molecular complexity index is 802. The Morgan fingerprint density at radius 1 is 1.14 bits per heavy atom. The molecule has 1 aromatic carbocycles. The maximum absolute atomic E-state index is 12.5. The minimum atomic E-state index is -0.458. The van der Waals surface area contributed by atoms with Crippen LogP contribution in [0, 0.1) is 0 Å². The molecule has 0 saturated carbocycles. The summed E-state index contributed by atoms with van der Waals surface area (Å²) in [4.78, 5) is 20.8. The van der Waals surface area contributed by atoms with E-state index in [0.29, 0.717) is 50.9 Å². The summed E-state index contributed by atoms with van der Waals surface area (Å²) in [7, 11) is 3.99. The molecule has 0 aliphatic carbocycles. The molecule has 0 atom stereocenters. The molecule has 1 aromatic heterocycles. The number of nitrogens with zero attached hydrogens (tertiary/aromatic N) is 4. The fourth-order valence-electron chi connectivity index (χ4n) is 3.64. The summed E-state index contributed by atoms with van der Waals surface area (Å²) in [6.07, 6.45) is 2.25. The summed E-state index contributed by atoms with van der Waals surface area (Å²) in [5.74, 6) is 0.669. The number of anilines is 1. The number of ether oxygens (including phenoxy) is 2. The van der Waals surface area contributed by atoms with Crippen molar-refractivity contribution in [3.63, 3.8) is 0 Å². The zero-order valence-corrected chi connectivity index (χ0v) is 16.4. The van der Waals surface area contributed by atoms with E-state index in [1.807, 2.05) is 48.2 Å². The largest absolute Gasteiger partial charge is 0.378 e. The van der Waals surface area contributed by atoms with Gasteiger partial charge in [-0.3, -0.25) is 4.79 Å². The molecule has 2 fully saturated rings. The molecule has 150 valence electrons. The highest BCUT2D eigenvalue weighted by molar-refractivity contribution is 5.76. The van der Waals surface area contributed by atoms with Crippen molar-refractivity contribution >= 4 is 11.6 Å². The van der Waals surface area contributed by atoms with Crippen LogP contribution in [-0.4, -0.2) is 67.1 Å². The monoisotopic (exact) mass is 386 g/mol. The van der Waals surface area contributed by atoms with Crippen molar-refractivity contribution in [2.24, 2.45) is 0 Å². The number of likely N-dealkylation sites (tertiary alicyclic amines) is 1. The van der Waals surface area contributed by atoms with E-state index >= 15 is 0 Å². The summed E-state index contributed by atoms with van der Waals surface area (Å²) in [6.45, 7) is 2.61. The van der Waals surface area contributed by atoms with Crippen LogP contribution in [0.3, 0.4) is 0 Å². The van der Waals surface area contributed by atoms with Crippen LogP contribution in [0.1, 0.15) is 25.2 Å². The lowest BCUT2D eigenvalue weighted by atomic mass is 10.0. The fourth-order valence-corrected chi connectivity index (χ4v) is 3.64. The van der Waals surface area contributed by atoms with Crippen molar-refractivity contribution in [1.82, 2.24) is 15.0 Å². The predicted octanol–water partition coefficient (Wildman–Crippen LogP) is 2.10. The number of carbonyl (C=O) groups excluding carboxylic acids is 1. The Balaban J connectivity index is 1.29. The molecule has 2 aromatic rings. The van der Waals surface area contributed by atoms with Gasteiger partial charge in [-0.05, 0) is 24.3 Å². The molecule has 0 bridgehead atoms. The van der Waals surface area contributed by atoms with Gasteiger partial charge < -0.3 is 23.8 Å². The summed E-state index contributed by atoms with van der Waals surface area (Å²) >= 11 is 0. The lowest BCUT2D eigenvalue weighted by molar-refractivity contribution is -0.187. The van der Waals surface area contributed by atoms with Crippen molar-refractivity contribution in [1.29, 1.82) is 0 Å². The average molecular weight is 386 g/mol. The molecule has 28 heavy (non-hydrogen) atoms. The van der Waals surface area contributed by atoms with E-state index in [2.05, 4.69) is 10.1 Å². The van der Waals surface area contributed by atoms with Crippen LogP contribution in [0.25, 0.3) is 11.4 Å². The number of piperidine rings is 1. The summed E-state index contributed by atoms with van der Waals surface area (Å²) in [5, 5.41) is 4.04. The number of rotatable bonds is 5. The van der Waals surface area contributed by atoms with E-state index in [9.17, 15) is 4.79 Å².